The van der Waals surface area contributed by atoms with Crippen molar-refractivity contribution in [3.8, 4) is 5.75 Å². The zero-order valence-electron chi connectivity index (χ0n) is 11.5. The summed E-state index contributed by atoms with van der Waals surface area (Å²) in [6.45, 7) is 2.49. The Hall–Kier alpha value is -1.34. The van der Waals surface area contributed by atoms with Gasteiger partial charge in [-0.2, -0.15) is 0 Å². The molecule has 0 spiro atoms. The highest BCUT2D eigenvalue weighted by Gasteiger charge is 2.32. The second kappa shape index (κ2) is 6.62. The molecule has 0 aliphatic carbocycles. The molecule has 1 aromatic rings. The number of halogens is 4. The zero-order chi connectivity index (χ0) is 15.5. The van der Waals surface area contributed by atoms with E-state index in [0.717, 1.165) is 25.0 Å². The maximum absolute atomic E-state index is 13.7. The van der Waals surface area contributed by atoms with E-state index in [1.54, 1.807) is 0 Å². The standard InChI is InChI=1S/C14H17F4NO2/c1-9-7-10(5-6-20-9)19-8-11-12(15)3-2-4-13(11)21-14(16,17)18/h2-4,9-10,19H,5-8H2,1H3/t9-,10-/m1/s1. The molecule has 0 saturated carbocycles. The Balaban J connectivity index is 2.04. The monoisotopic (exact) mass is 307 g/mol. The van der Waals surface area contributed by atoms with Gasteiger partial charge in [0, 0.05) is 24.8 Å². The van der Waals surface area contributed by atoms with Crippen molar-refractivity contribution in [3.05, 3.63) is 29.6 Å². The number of alkyl halides is 3. The summed E-state index contributed by atoms with van der Waals surface area (Å²) in [5, 5.41) is 3.07. The fourth-order valence-corrected chi connectivity index (χ4v) is 2.36. The van der Waals surface area contributed by atoms with Gasteiger partial charge in [0.1, 0.15) is 11.6 Å². The Bertz CT molecular complexity index is 479. The SMILES string of the molecule is C[C@@H]1C[C@H](NCc2c(F)cccc2OC(F)(F)F)CCO1. The molecular formula is C14H17F4NO2. The van der Waals surface area contributed by atoms with Gasteiger partial charge >= 0.3 is 6.36 Å². The summed E-state index contributed by atoms with van der Waals surface area (Å²) in [5.74, 6) is -1.22. The van der Waals surface area contributed by atoms with Crippen LogP contribution in [0.5, 0.6) is 5.75 Å². The molecule has 0 aromatic heterocycles. The fourth-order valence-electron chi connectivity index (χ4n) is 2.36. The minimum Gasteiger partial charge on any atom is -0.405 e. The minimum absolute atomic E-state index is 0.0184. The van der Waals surface area contributed by atoms with Crippen LogP contribution < -0.4 is 10.1 Å². The van der Waals surface area contributed by atoms with E-state index in [-0.39, 0.29) is 24.3 Å². The van der Waals surface area contributed by atoms with Gasteiger partial charge in [-0.1, -0.05) is 6.07 Å². The molecular weight excluding hydrogens is 290 g/mol. The summed E-state index contributed by atoms with van der Waals surface area (Å²) in [7, 11) is 0. The van der Waals surface area contributed by atoms with Crippen molar-refractivity contribution in [1.82, 2.24) is 5.32 Å². The van der Waals surface area contributed by atoms with Gasteiger partial charge in [-0.25, -0.2) is 4.39 Å². The van der Waals surface area contributed by atoms with E-state index in [2.05, 4.69) is 10.1 Å². The molecule has 1 saturated heterocycles. The van der Waals surface area contributed by atoms with Crippen LogP contribution in [0.3, 0.4) is 0 Å². The smallest absolute Gasteiger partial charge is 0.405 e. The third-order valence-corrected chi connectivity index (χ3v) is 3.35. The molecule has 1 heterocycles. The van der Waals surface area contributed by atoms with Crippen LogP contribution in [0.25, 0.3) is 0 Å². The molecule has 1 fully saturated rings. The Kier molecular flexibility index (Phi) is 5.05. The lowest BCUT2D eigenvalue weighted by Gasteiger charge is -2.28. The first-order chi connectivity index (χ1) is 9.85. The average molecular weight is 307 g/mol. The van der Waals surface area contributed by atoms with Crippen LogP contribution in [-0.4, -0.2) is 25.1 Å². The van der Waals surface area contributed by atoms with E-state index in [4.69, 9.17) is 4.74 Å². The lowest BCUT2D eigenvalue weighted by atomic mass is 10.0. The molecule has 1 aliphatic rings. The summed E-state index contributed by atoms with van der Waals surface area (Å²) in [6, 6.07) is 3.51. The van der Waals surface area contributed by atoms with Crippen LogP contribution in [0, 0.1) is 5.82 Å². The second-order valence-corrected chi connectivity index (χ2v) is 5.05. The highest BCUT2D eigenvalue weighted by molar-refractivity contribution is 5.34. The van der Waals surface area contributed by atoms with E-state index < -0.39 is 17.9 Å². The molecule has 7 heteroatoms. The van der Waals surface area contributed by atoms with Crippen molar-refractivity contribution in [3.63, 3.8) is 0 Å². The summed E-state index contributed by atoms with van der Waals surface area (Å²) in [6.07, 6.45) is -3.27. The average Bonchev–Trinajstić information content (AvgIpc) is 2.36. The molecule has 118 valence electrons. The number of hydrogen-bond donors (Lipinski definition) is 1. The molecule has 2 atom stereocenters. The lowest BCUT2D eigenvalue weighted by Crippen LogP contribution is -2.37. The third-order valence-electron chi connectivity index (χ3n) is 3.35. The number of benzene rings is 1. The molecule has 1 aromatic carbocycles. The van der Waals surface area contributed by atoms with Crippen LogP contribution in [0.1, 0.15) is 25.3 Å². The van der Waals surface area contributed by atoms with Gasteiger partial charge in [0.15, 0.2) is 0 Å². The second-order valence-electron chi connectivity index (χ2n) is 5.05. The highest BCUT2D eigenvalue weighted by atomic mass is 19.4. The number of hydrogen-bond acceptors (Lipinski definition) is 3. The van der Waals surface area contributed by atoms with Crippen LogP contribution in [0.4, 0.5) is 17.6 Å². The van der Waals surface area contributed by atoms with Gasteiger partial charge in [-0.15, -0.1) is 13.2 Å². The van der Waals surface area contributed by atoms with E-state index in [9.17, 15) is 17.6 Å². The van der Waals surface area contributed by atoms with Gasteiger partial charge < -0.3 is 14.8 Å². The van der Waals surface area contributed by atoms with Gasteiger partial charge in [-0.3, -0.25) is 0 Å². The molecule has 1 aliphatic heterocycles. The summed E-state index contributed by atoms with van der Waals surface area (Å²) in [4.78, 5) is 0. The van der Waals surface area contributed by atoms with Crippen LogP contribution in [-0.2, 0) is 11.3 Å². The molecule has 0 bridgehead atoms. The van der Waals surface area contributed by atoms with Crippen molar-refractivity contribution in [2.24, 2.45) is 0 Å². The van der Waals surface area contributed by atoms with Gasteiger partial charge in [0.05, 0.1) is 6.10 Å². The number of rotatable bonds is 4. The maximum atomic E-state index is 13.7. The Morgan fingerprint density at radius 1 is 1.38 bits per heavy atom. The van der Waals surface area contributed by atoms with Crippen molar-refractivity contribution < 1.29 is 27.0 Å². The summed E-state index contributed by atoms with van der Waals surface area (Å²) in [5.41, 5.74) is -0.117. The van der Waals surface area contributed by atoms with Crippen molar-refractivity contribution >= 4 is 0 Å². The predicted molar refractivity (Wildman–Crippen MR) is 68.4 cm³/mol. The first kappa shape index (κ1) is 16.0. The highest BCUT2D eigenvalue weighted by Crippen LogP contribution is 2.28. The van der Waals surface area contributed by atoms with Crippen molar-refractivity contribution in [2.75, 3.05) is 6.61 Å². The summed E-state index contributed by atoms with van der Waals surface area (Å²) >= 11 is 0. The molecule has 0 radical (unpaired) electrons. The predicted octanol–water partition coefficient (Wildman–Crippen LogP) is 3.38. The van der Waals surface area contributed by atoms with E-state index >= 15 is 0 Å². The molecule has 1 N–H and O–H groups in total. The lowest BCUT2D eigenvalue weighted by molar-refractivity contribution is -0.275. The molecule has 21 heavy (non-hydrogen) atoms. The van der Waals surface area contributed by atoms with Crippen molar-refractivity contribution in [2.45, 2.75) is 44.8 Å². The normalized spacial score (nSPS) is 23.1. The Labute approximate surface area is 120 Å². The van der Waals surface area contributed by atoms with E-state index in [1.807, 2.05) is 6.92 Å². The zero-order valence-corrected chi connectivity index (χ0v) is 11.5. The molecule has 3 nitrogen and oxygen atoms in total. The first-order valence-corrected chi connectivity index (χ1v) is 6.73. The minimum atomic E-state index is -4.84. The molecule has 2 rings (SSSR count). The topological polar surface area (TPSA) is 30.5 Å². The van der Waals surface area contributed by atoms with Crippen molar-refractivity contribution in [1.29, 1.82) is 0 Å². The van der Waals surface area contributed by atoms with Crippen LogP contribution in [0.15, 0.2) is 18.2 Å². The molecule has 0 amide bonds. The van der Waals surface area contributed by atoms with Crippen LogP contribution >= 0.6 is 0 Å². The quantitative estimate of drug-likeness (QED) is 0.865. The Morgan fingerprint density at radius 3 is 2.81 bits per heavy atom. The maximum Gasteiger partial charge on any atom is 0.573 e. The third kappa shape index (κ3) is 4.86. The van der Waals surface area contributed by atoms with E-state index in [0.29, 0.717) is 6.61 Å². The number of nitrogens with one attached hydrogen (secondary N) is 1. The van der Waals surface area contributed by atoms with E-state index in [1.165, 1.54) is 6.07 Å². The fraction of sp³-hybridized carbons (Fsp3) is 0.571. The van der Waals surface area contributed by atoms with Gasteiger partial charge in [0.25, 0.3) is 0 Å². The number of ether oxygens (including phenoxy) is 2. The molecule has 0 unspecified atom stereocenters. The summed E-state index contributed by atoms with van der Waals surface area (Å²) < 4.78 is 60.0. The first-order valence-electron chi connectivity index (χ1n) is 6.73. The largest absolute Gasteiger partial charge is 0.573 e. The van der Waals surface area contributed by atoms with Gasteiger partial charge in [-0.05, 0) is 31.9 Å². The Morgan fingerprint density at radius 2 is 2.14 bits per heavy atom. The van der Waals surface area contributed by atoms with Crippen LogP contribution in [0.2, 0.25) is 0 Å². The van der Waals surface area contributed by atoms with Gasteiger partial charge in [0.2, 0.25) is 0 Å².